The maximum Gasteiger partial charge on any atom is 0.505 e. The summed E-state index contributed by atoms with van der Waals surface area (Å²) in [7, 11) is -1.89. The van der Waals surface area contributed by atoms with Crippen LogP contribution in [0.2, 0.25) is 0 Å². The molecule has 0 aromatic rings. The molecule has 1 aliphatic rings. The SMILES string of the molecule is O=[P+](O)CCCCC1=CCC1. The summed E-state index contributed by atoms with van der Waals surface area (Å²) in [5.74, 6) is 0. The summed E-state index contributed by atoms with van der Waals surface area (Å²) in [6.07, 6.45) is 8.34. The van der Waals surface area contributed by atoms with E-state index in [4.69, 9.17) is 4.89 Å². The normalized spacial score (nSPS) is 17.2. The lowest BCUT2D eigenvalue weighted by atomic mass is 9.94. The first-order chi connectivity index (χ1) is 5.29. The van der Waals surface area contributed by atoms with Crippen molar-refractivity contribution >= 4 is 8.03 Å². The van der Waals surface area contributed by atoms with Crippen LogP contribution in [0.5, 0.6) is 0 Å². The van der Waals surface area contributed by atoms with Crippen LogP contribution in [0.25, 0.3) is 0 Å². The smallest absolute Gasteiger partial charge is 0.161 e. The zero-order valence-corrected chi connectivity index (χ0v) is 7.52. The van der Waals surface area contributed by atoms with Crippen molar-refractivity contribution in [2.24, 2.45) is 0 Å². The van der Waals surface area contributed by atoms with Crippen molar-refractivity contribution in [2.75, 3.05) is 6.16 Å². The van der Waals surface area contributed by atoms with E-state index < -0.39 is 8.03 Å². The van der Waals surface area contributed by atoms with Gasteiger partial charge in [-0.1, -0.05) is 11.6 Å². The highest BCUT2D eigenvalue weighted by atomic mass is 31.1. The highest BCUT2D eigenvalue weighted by Crippen LogP contribution is 2.24. The molecule has 3 heteroatoms. The van der Waals surface area contributed by atoms with Gasteiger partial charge in [0.25, 0.3) is 0 Å². The van der Waals surface area contributed by atoms with Crippen LogP contribution >= 0.6 is 8.03 Å². The van der Waals surface area contributed by atoms with Crippen LogP contribution in [0.4, 0.5) is 0 Å². The molecule has 0 fully saturated rings. The van der Waals surface area contributed by atoms with E-state index in [1.807, 2.05) is 0 Å². The van der Waals surface area contributed by atoms with E-state index in [0.717, 1.165) is 19.3 Å². The summed E-state index contributed by atoms with van der Waals surface area (Å²) in [5.41, 5.74) is 1.54. The van der Waals surface area contributed by atoms with Crippen LogP contribution in [0.3, 0.4) is 0 Å². The largest absolute Gasteiger partial charge is 0.505 e. The van der Waals surface area contributed by atoms with Gasteiger partial charge in [0.05, 0.1) is 0 Å². The first-order valence-corrected chi connectivity index (χ1v) is 5.50. The summed E-state index contributed by atoms with van der Waals surface area (Å²) in [4.78, 5) is 8.48. The lowest BCUT2D eigenvalue weighted by Crippen LogP contribution is -1.93. The van der Waals surface area contributed by atoms with Gasteiger partial charge >= 0.3 is 8.03 Å². The van der Waals surface area contributed by atoms with Crippen LogP contribution in [0.1, 0.15) is 32.1 Å². The van der Waals surface area contributed by atoms with Crippen molar-refractivity contribution in [3.63, 3.8) is 0 Å². The molecule has 0 spiro atoms. The Bertz CT molecular complexity index is 175. The second kappa shape index (κ2) is 4.63. The van der Waals surface area contributed by atoms with E-state index in [1.165, 1.54) is 18.4 Å². The third kappa shape index (κ3) is 3.64. The standard InChI is InChI=1S/C8H13O2P/c9-11(10)7-2-1-4-8-5-3-6-8/h5H,1-4,6-7H2/p+1. The Labute approximate surface area is 68.2 Å². The average molecular weight is 173 g/mol. The van der Waals surface area contributed by atoms with Crippen molar-refractivity contribution in [3.05, 3.63) is 11.6 Å². The molecule has 2 nitrogen and oxygen atoms in total. The fraction of sp³-hybridized carbons (Fsp3) is 0.750. The molecule has 0 radical (unpaired) electrons. The molecule has 1 rings (SSSR count). The third-order valence-corrected chi connectivity index (χ3v) is 2.69. The number of rotatable bonds is 5. The van der Waals surface area contributed by atoms with E-state index in [0.29, 0.717) is 6.16 Å². The lowest BCUT2D eigenvalue weighted by Gasteiger charge is -2.12. The first-order valence-electron chi connectivity index (χ1n) is 4.10. The van der Waals surface area contributed by atoms with E-state index >= 15 is 0 Å². The molecule has 62 valence electrons. The molecule has 0 amide bonds. The number of unbranched alkanes of at least 4 members (excludes halogenated alkanes) is 1. The molecule has 1 N–H and O–H groups in total. The van der Waals surface area contributed by atoms with Crippen molar-refractivity contribution < 1.29 is 9.46 Å². The Balaban J connectivity index is 1.92. The highest BCUT2D eigenvalue weighted by molar-refractivity contribution is 7.37. The van der Waals surface area contributed by atoms with Crippen molar-refractivity contribution in [3.8, 4) is 0 Å². The Morgan fingerprint density at radius 3 is 2.73 bits per heavy atom. The molecule has 0 aromatic heterocycles. The third-order valence-electron chi connectivity index (χ3n) is 2.00. The Morgan fingerprint density at radius 2 is 2.27 bits per heavy atom. The quantitative estimate of drug-likeness (QED) is 0.394. The number of allylic oxidation sites excluding steroid dienone is 2. The van der Waals surface area contributed by atoms with E-state index in [-0.39, 0.29) is 0 Å². The van der Waals surface area contributed by atoms with Gasteiger partial charge < -0.3 is 0 Å². The van der Waals surface area contributed by atoms with Gasteiger partial charge in [0.15, 0.2) is 6.16 Å². The van der Waals surface area contributed by atoms with Gasteiger partial charge in [0.1, 0.15) is 0 Å². The Morgan fingerprint density at radius 1 is 1.55 bits per heavy atom. The van der Waals surface area contributed by atoms with Gasteiger partial charge in [-0.15, -0.1) is 0 Å². The molecule has 0 aromatic carbocycles. The summed E-state index contributed by atoms with van der Waals surface area (Å²) < 4.78 is 10.3. The van der Waals surface area contributed by atoms with Gasteiger partial charge in [-0.25, -0.2) is 0 Å². The zero-order valence-electron chi connectivity index (χ0n) is 6.62. The average Bonchev–Trinajstić information content (AvgIpc) is 1.82. The van der Waals surface area contributed by atoms with Gasteiger partial charge in [0.2, 0.25) is 0 Å². The number of hydrogen-bond acceptors (Lipinski definition) is 1. The molecule has 1 aliphatic carbocycles. The van der Waals surface area contributed by atoms with Crippen LogP contribution < -0.4 is 0 Å². The van der Waals surface area contributed by atoms with E-state index in [9.17, 15) is 4.57 Å². The molecular weight excluding hydrogens is 159 g/mol. The van der Waals surface area contributed by atoms with E-state index in [2.05, 4.69) is 6.08 Å². The van der Waals surface area contributed by atoms with Crippen LogP contribution in [-0.2, 0) is 4.57 Å². The maximum atomic E-state index is 10.3. The minimum Gasteiger partial charge on any atom is -0.161 e. The molecule has 0 aliphatic heterocycles. The topological polar surface area (TPSA) is 37.3 Å². The highest BCUT2D eigenvalue weighted by Gasteiger charge is 2.10. The second-order valence-corrected chi connectivity index (χ2v) is 4.09. The predicted octanol–water partition coefficient (Wildman–Crippen LogP) is 2.61. The molecule has 11 heavy (non-hydrogen) atoms. The summed E-state index contributed by atoms with van der Waals surface area (Å²) in [5, 5.41) is 0. The number of hydrogen-bond donors (Lipinski definition) is 1. The van der Waals surface area contributed by atoms with Crippen molar-refractivity contribution in [1.82, 2.24) is 0 Å². The van der Waals surface area contributed by atoms with Gasteiger partial charge in [0, 0.05) is 0 Å². The Hall–Kier alpha value is -0.200. The summed E-state index contributed by atoms with van der Waals surface area (Å²) in [6, 6.07) is 0. The van der Waals surface area contributed by atoms with E-state index in [1.54, 1.807) is 0 Å². The minimum atomic E-state index is -1.89. The minimum absolute atomic E-state index is 0.475. The predicted molar refractivity (Wildman–Crippen MR) is 45.9 cm³/mol. The summed E-state index contributed by atoms with van der Waals surface area (Å²) >= 11 is 0. The molecule has 0 bridgehead atoms. The van der Waals surface area contributed by atoms with Crippen LogP contribution in [-0.4, -0.2) is 11.1 Å². The fourth-order valence-corrected chi connectivity index (χ4v) is 1.67. The fourth-order valence-electron chi connectivity index (χ4n) is 1.17. The Kier molecular flexibility index (Phi) is 3.74. The second-order valence-electron chi connectivity index (χ2n) is 2.93. The molecule has 0 saturated carbocycles. The molecule has 1 unspecified atom stereocenters. The molecule has 0 saturated heterocycles. The van der Waals surface area contributed by atoms with Gasteiger partial charge in [-0.3, -0.25) is 0 Å². The molecule has 0 heterocycles. The van der Waals surface area contributed by atoms with Crippen molar-refractivity contribution in [2.45, 2.75) is 32.1 Å². The monoisotopic (exact) mass is 173 g/mol. The first kappa shape index (κ1) is 8.89. The van der Waals surface area contributed by atoms with Gasteiger partial charge in [-0.2, -0.15) is 4.89 Å². The van der Waals surface area contributed by atoms with Crippen LogP contribution in [0.15, 0.2) is 11.6 Å². The molecule has 1 atom stereocenters. The van der Waals surface area contributed by atoms with Crippen molar-refractivity contribution in [1.29, 1.82) is 0 Å². The van der Waals surface area contributed by atoms with Crippen LogP contribution in [0, 0.1) is 0 Å². The molecular formula is C8H14O2P+. The maximum absolute atomic E-state index is 10.3. The van der Waals surface area contributed by atoms with Gasteiger partial charge in [-0.05, 0) is 36.7 Å². The lowest BCUT2D eigenvalue weighted by molar-refractivity contribution is 0.500. The summed E-state index contributed by atoms with van der Waals surface area (Å²) in [6.45, 7) is 0. The zero-order chi connectivity index (χ0) is 8.10.